The molecule has 0 saturated carbocycles. The monoisotopic (exact) mass is 233 g/mol. The van der Waals surface area contributed by atoms with Gasteiger partial charge in [-0.3, -0.25) is 9.59 Å². The summed E-state index contributed by atoms with van der Waals surface area (Å²) in [5, 5.41) is 2.68. The van der Waals surface area contributed by atoms with Gasteiger partial charge in [0.25, 0.3) is 5.91 Å². The van der Waals surface area contributed by atoms with Gasteiger partial charge in [0.2, 0.25) is 5.91 Å². The maximum atomic E-state index is 11.3. The number of nitrogens with two attached hydrogens (primary N) is 1. The number of aromatic nitrogens is 1. The number of carbonyl (C=O) groups excluding carboxylic acids is 2. The molecule has 0 aromatic carbocycles. The van der Waals surface area contributed by atoms with Crippen LogP contribution >= 0.6 is 22.9 Å². The van der Waals surface area contributed by atoms with Gasteiger partial charge in [-0.25, -0.2) is 4.98 Å². The van der Waals surface area contributed by atoms with Crippen LogP contribution in [0.5, 0.6) is 0 Å². The van der Waals surface area contributed by atoms with Crippen LogP contribution in [0.4, 0.5) is 0 Å². The third kappa shape index (κ3) is 2.97. The molecule has 0 aliphatic heterocycles. The highest BCUT2D eigenvalue weighted by atomic mass is 35.5. The molecule has 0 atom stereocenters. The fraction of sp³-hybridized carbons (Fsp3) is 0.286. The first-order chi connectivity index (χ1) is 6.61. The van der Waals surface area contributed by atoms with Crippen LogP contribution in [0.2, 0.25) is 5.15 Å². The molecule has 1 aromatic heterocycles. The lowest BCUT2D eigenvalue weighted by molar-refractivity contribution is -0.117. The van der Waals surface area contributed by atoms with Gasteiger partial charge in [-0.15, -0.1) is 11.3 Å². The summed E-state index contributed by atoms with van der Waals surface area (Å²) < 4.78 is 0. The molecule has 0 bridgehead atoms. The average molecular weight is 234 g/mol. The van der Waals surface area contributed by atoms with Gasteiger partial charge in [0.05, 0.1) is 5.51 Å². The number of thiazole rings is 1. The van der Waals surface area contributed by atoms with Crippen molar-refractivity contribution in [3.8, 4) is 0 Å². The molecule has 0 radical (unpaired) electrons. The molecule has 0 unspecified atom stereocenters. The Hall–Kier alpha value is -1.14. The first-order valence-corrected chi connectivity index (χ1v) is 5.02. The molecule has 0 spiro atoms. The Kier molecular flexibility index (Phi) is 3.84. The van der Waals surface area contributed by atoms with Gasteiger partial charge >= 0.3 is 0 Å². The van der Waals surface area contributed by atoms with Crippen molar-refractivity contribution >= 4 is 34.8 Å². The second-order valence-electron chi connectivity index (χ2n) is 2.44. The van der Waals surface area contributed by atoms with E-state index in [0.29, 0.717) is 4.88 Å². The van der Waals surface area contributed by atoms with Crippen molar-refractivity contribution in [1.29, 1.82) is 0 Å². The van der Waals surface area contributed by atoms with E-state index in [4.69, 9.17) is 17.3 Å². The molecule has 0 saturated heterocycles. The quantitative estimate of drug-likeness (QED) is 0.790. The number of hydrogen-bond acceptors (Lipinski definition) is 4. The van der Waals surface area contributed by atoms with E-state index >= 15 is 0 Å². The van der Waals surface area contributed by atoms with Crippen LogP contribution in [0.25, 0.3) is 0 Å². The summed E-state index contributed by atoms with van der Waals surface area (Å²) in [6.07, 6.45) is 0.113. The van der Waals surface area contributed by atoms with Crippen LogP contribution in [0, 0.1) is 0 Å². The second-order valence-corrected chi connectivity index (χ2v) is 3.66. The average Bonchev–Trinajstić information content (AvgIpc) is 2.50. The molecule has 0 aliphatic rings. The number of rotatable bonds is 4. The zero-order valence-electron chi connectivity index (χ0n) is 7.12. The Morgan fingerprint density at radius 2 is 2.36 bits per heavy atom. The minimum Gasteiger partial charge on any atom is -0.370 e. The lowest BCUT2D eigenvalue weighted by atomic mass is 10.4. The summed E-state index contributed by atoms with van der Waals surface area (Å²) in [6.45, 7) is 0.211. The Balaban J connectivity index is 2.44. The maximum Gasteiger partial charge on any atom is 0.264 e. The smallest absolute Gasteiger partial charge is 0.264 e. The van der Waals surface area contributed by atoms with E-state index in [-0.39, 0.29) is 24.0 Å². The molecule has 7 heteroatoms. The lowest BCUT2D eigenvalue weighted by Crippen LogP contribution is -2.27. The number of carbonyl (C=O) groups is 2. The number of amides is 2. The van der Waals surface area contributed by atoms with E-state index in [1.165, 1.54) is 5.51 Å². The van der Waals surface area contributed by atoms with E-state index < -0.39 is 5.91 Å². The Bertz CT molecular complexity index is 352. The Morgan fingerprint density at radius 1 is 1.64 bits per heavy atom. The number of primary amides is 1. The van der Waals surface area contributed by atoms with Gasteiger partial charge < -0.3 is 11.1 Å². The highest BCUT2D eigenvalue weighted by Gasteiger charge is 2.12. The number of hydrogen-bond donors (Lipinski definition) is 2. The standard InChI is InChI=1S/C7H8ClN3O2S/c8-6-5(14-3-11-6)7(13)10-2-1-4(9)12/h3H,1-2H2,(H2,9,12)(H,10,13). The fourth-order valence-electron chi connectivity index (χ4n) is 0.759. The molecular formula is C7H8ClN3O2S. The topological polar surface area (TPSA) is 85.1 Å². The van der Waals surface area contributed by atoms with Crippen LogP contribution in [0.15, 0.2) is 5.51 Å². The Morgan fingerprint density at radius 3 is 2.86 bits per heavy atom. The van der Waals surface area contributed by atoms with E-state index in [9.17, 15) is 9.59 Å². The third-order valence-electron chi connectivity index (χ3n) is 1.39. The van der Waals surface area contributed by atoms with E-state index in [1.54, 1.807) is 0 Å². The molecular weight excluding hydrogens is 226 g/mol. The van der Waals surface area contributed by atoms with Crippen molar-refractivity contribution in [3.63, 3.8) is 0 Å². The molecule has 0 fully saturated rings. The molecule has 1 rings (SSSR count). The van der Waals surface area contributed by atoms with Crippen LogP contribution in [-0.4, -0.2) is 23.3 Å². The molecule has 2 amide bonds. The summed E-state index contributed by atoms with van der Waals surface area (Å²) in [7, 11) is 0. The highest BCUT2D eigenvalue weighted by Crippen LogP contribution is 2.17. The normalized spacial score (nSPS) is 9.79. The fourth-order valence-corrected chi connectivity index (χ4v) is 1.68. The first kappa shape index (κ1) is 10.9. The van der Waals surface area contributed by atoms with E-state index in [2.05, 4.69) is 10.3 Å². The number of nitrogens with one attached hydrogen (secondary N) is 1. The van der Waals surface area contributed by atoms with Gasteiger partial charge in [0.15, 0.2) is 5.15 Å². The molecule has 14 heavy (non-hydrogen) atoms. The molecule has 0 aliphatic carbocycles. The predicted molar refractivity (Wildman–Crippen MR) is 53.3 cm³/mol. The van der Waals surface area contributed by atoms with Crippen LogP contribution in [0.3, 0.4) is 0 Å². The van der Waals surface area contributed by atoms with Crippen molar-refractivity contribution in [3.05, 3.63) is 15.5 Å². The van der Waals surface area contributed by atoms with Crippen LogP contribution < -0.4 is 11.1 Å². The molecule has 1 heterocycles. The van der Waals surface area contributed by atoms with Crippen molar-refractivity contribution in [1.82, 2.24) is 10.3 Å². The summed E-state index contributed by atoms with van der Waals surface area (Å²) in [5.41, 5.74) is 6.38. The van der Waals surface area contributed by atoms with Gasteiger partial charge in [0, 0.05) is 13.0 Å². The Labute approximate surface area is 89.3 Å². The van der Waals surface area contributed by atoms with Crippen molar-refractivity contribution in [2.24, 2.45) is 5.73 Å². The lowest BCUT2D eigenvalue weighted by Gasteiger charge is -2.00. The van der Waals surface area contributed by atoms with Crippen molar-refractivity contribution in [2.75, 3.05) is 6.54 Å². The van der Waals surface area contributed by atoms with Crippen LogP contribution in [-0.2, 0) is 4.79 Å². The minimum atomic E-state index is -0.458. The SMILES string of the molecule is NC(=O)CCNC(=O)c1scnc1Cl. The maximum absolute atomic E-state index is 11.3. The summed E-state index contributed by atoms with van der Waals surface area (Å²) in [5.74, 6) is -0.792. The van der Waals surface area contributed by atoms with Crippen molar-refractivity contribution in [2.45, 2.75) is 6.42 Å². The molecule has 1 aromatic rings. The zero-order chi connectivity index (χ0) is 10.6. The molecule has 5 nitrogen and oxygen atoms in total. The number of halogens is 1. The predicted octanol–water partition coefficient (Wildman–Crippen LogP) is 0.402. The largest absolute Gasteiger partial charge is 0.370 e. The summed E-state index contributed by atoms with van der Waals surface area (Å²) in [6, 6.07) is 0. The van der Waals surface area contributed by atoms with Gasteiger partial charge in [0.1, 0.15) is 4.88 Å². The van der Waals surface area contributed by atoms with Gasteiger partial charge in [-0.2, -0.15) is 0 Å². The summed E-state index contributed by atoms with van der Waals surface area (Å²) in [4.78, 5) is 25.8. The van der Waals surface area contributed by atoms with Crippen LogP contribution in [0.1, 0.15) is 16.1 Å². The van der Waals surface area contributed by atoms with Crippen molar-refractivity contribution < 1.29 is 9.59 Å². The number of nitrogens with zero attached hydrogens (tertiary/aromatic N) is 1. The zero-order valence-corrected chi connectivity index (χ0v) is 8.69. The third-order valence-corrected chi connectivity index (χ3v) is 2.61. The summed E-state index contributed by atoms with van der Waals surface area (Å²) >= 11 is 6.77. The minimum absolute atomic E-state index is 0.113. The highest BCUT2D eigenvalue weighted by molar-refractivity contribution is 7.12. The first-order valence-electron chi connectivity index (χ1n) is 3.76. The van der Waals surface area contributed by atoms with Gasteiger partial charge in [-0.1, -0.05) is 11.6 Å². The molecule has 76 valence electrons. The van der Waals surface area contributed by atoms with E-state index in [1.807, 2.05) is 0 Å². The van der Waals surface area contributed by atoms with E-state index in [0.717, 1.165) is 11.3 Å². The molecule has 3 N–H and O–H groups in total. The van der Waals surface area contributed by atoms with Gasteiger partial charge in [-0.05, 0) is 0 Å². The second kappa shape index (κ2) is 4.92.